The van der Waals surface area contributed by atoms with E-state index in [2.05, 4.69) is 48.5 Å². The lowest BCUT2D eigenvalue weighted by atomic mass is 9.80. The molecule has 1 saturated carbocycles. The predicted octanol–water partition coefficient (Wildman–Crippen LogP) is 3.20. The topological polar surface area (TPSA) is 63.0 Å². The zero-order chi connectivity index (χ0) is 14.6. The summed E-state index contributed by atoms with van der Waals surface area (Å²) in [5.41, 5.74) is 0.0552. The number of nitrogens with zero attached hydrogens (tertiary/aromatic N) is 2. The molecule has 5 nitrogen and oxygen atoms in total. The minimum Gasteiger partial charge on any atom is -0.407 e. The molecule has 2 rings (SSSR count). The molecule has 1 aromatic rings. The van der Waals surface area contributed by atoms with Crippen LogP contribution in [0.15, 0.2) is 4.42 Å². The van der Waals surface area contributed by atoms with Gasteiger partial charge in [-0.1, -0.05) is 31.3 Å². The van der Waals surface area contributed by atoms with Crippen molar-refractivity contribution in [1.29, 1.82) is 0 Å². The van der Waals surface area contributed by atoms with Crippen LogP contribution in [0.3, 0.4) is 0 Å². The minimum absolute atomic E-state index is 0.0552. The molecule has 0 spiro atoms. The van der Waals surface area contributed by atoms with Crippen molar-refractivity contribution in [1.82, 2.24) is 15.5 Å². The van der Waals surface area contributed by atoms with E-state index >= 15 is 0 Å². The molecule has 0 aromatic carbocycles. The minimum atomic E-state index is 0.0552. The summed E-state index contributed by atoms with van der Waals surface area (Å²) in [5.74, 6) is 2.16. The highest BCUT2D eigenvalue weighted by Gasteiger charge is 2.21. The maximum Gasteiger partial charge on any atom is 0.315 e. The first-order valence-electron chi connectivity index (χ1n) is 7.75. The Labute approximate surface area is 121 Å². The van der Waals surface area contributed by atoms with E-state index in [0.717, 1.165) is 18.4 Å². The largest absolute Gasteiger partial charge is 0.407 e. The van der Waals surface area contributed by atoms with Crippen LogP contribution in [0.1, 0.15) is 59.3 Å². The van der Waals surface area contributed by atoms with E-state index in [0.29, 0.717) is 18.5 Å². The third-order valence-electron chi connectivity index (χ3n) is 4.04. The van der Waals surface area contributed by atoms with E-state index in [1.807, 2.05) is 0 Å². The van der Waals surface area contributed by atoms with Crippen LogP contribution < -0.4 is 10.6 Å². The summed E-state index contributed by atoms with van der Waals surface area (Å²) < 4.78 is 5.61. The first-order chi connectivity index (χ1) is 9.44. The number of hydrogen-bond donors (Lipinski definition) is 2. The summed E-state index contributed by atoms with van der Waals surface area (Å²) in [6, 6.07) is 0.550. The lowest BCUT2D eigenvalue weighted by molar-refractivity contribution is 0.267. The average molecular weight is 280 g/mol. The van der Waals surface area contributed by atoms with Gasteiger partial charge in [-0.25, -0.2) is 0 Å². The van der Waals surface area contributed by atoms with E-state index in [9.17, 15) is 0 Å². The van der Waals surface area contributed by atoms with Gasteiger partial charge >= 0.3 is 6.01 Å². The Morgan fingerprint density at radius 3 is 2.65 bits per heavy atom. The zero-order valence-electron chi connectivity index (χ0n) is 13.2. The molecule has 0 bridgehead atoms. The first-order valence-corrected chi connectivity index (χ1v) is 7.75. The van der Waals surface area contributed by atoms with Crippen molar-refractivity contribution < 1.29 is 4.42 Å². The summed E-state index contributed by atoms with van der Waals surface area (Å²) >= 11 is 0. The van der Waals surface area contributed by atoms with Gasteiger partial charge in [0.1, 0.15) is 0 Å². The fourth-order valence-corrected chi connectivity index (χ4v) is 2.65. The standard InChI is InChI=1S/C15H28N4O/c1-11-7-5-6-8-12(11)9-16-14-19-18-13(20-14)10-17-15(2,3)4/h11-12,17H,5-10H2,1-4H3,(H,16,19). The monoisotopic (exact) mass is 280 g/mol. The maximum atomic E-state index is 5.61. The Kier molecular flexibility index (Phi) is 5.02. The van der Waals surface area contributed by atoms with Crippen LogP contribution in [0.25, 0.3) is 0 Å². The summed E-state index contributed by atoms with van der Waals surface area (Å²) in [4.78, 5) is 0. The molecular formula is C15H28N4O. The molecule has 5 heteroatoms. The second kappa shape index (κ2) is 6.57. The number of anilines is 1. The van der Waals surface area contributed by atoms with Crippen molar-refractivity contribution in [3.8, 4) is 0 Å². The van der Waals surface area contributed by atoms with E-state index < -0.39 is 0 Å². The second-order valence-electron chi connectivity index (χ2n) is 7.01. The van der Waals surface area contributed by atoms with Gasteiger partial charge in [0.25, 0.3) is 0 Å². The van der Waals surface area contributed by atoms with Crippen LogP contribution >= 0.6 is 0 Å². The van der Waals surface area contributed by atoms with Gasteiger partial charge in [-0.15, -0.1) is 5.10 Å². The van der Waals surface area contributed by atoms with Crippen molar-refractivity contribution in [2.24, 2.45) is 11.8 Å². The van der Waals surface area contributed by atoms with Crippen LogP contribution in [-0.2, 0) is 6.54 Å². The molecule has 0 radical (unpaired) electrons. The second-order valence-corrected chi connectivity index (χ2v) is 7.01. The quantitative estimate of drug-likeness (QED) is 0.867. The molecule has 1 aromatic heterocycles. The van der Waals surface area contributed by atoms with Gasteiger partial charge in [-0.05, 0) is 39.0 Å². The van der Waals surface area contributed by atoms with E-state index in [1.54, 1.807) is 0 Å². The molecule has 0 saturated heterocycles. The Morgan fingerprint density at radius 1 is 1.20 bits per heavy atom. The SMILES string of the molecule is CC1CCCCC1CNc1nnc(CNC(C)(C)C)o1. The molecule has 1 fully saturated rings. The zero-order valence-corrected chi connectivity index (χ0v) is 13.2. The molecule has 0 aliphatic heterocycles. The van der Waals surface area contributed by atoms with Gasteiger partial charge in [0.15, 0.2) is 0 Å². The molecule has 2 atom stereocenters. The Bertz CT molecular complexity index is 410. The molecule has 1 heterocycles. The maximum absolute atomic E-state index is 5.61. The van der Waals surface area contributed by atoms with Crippen molar-refractivity contribution >= 4 is 6.01 Å². The molecule has 2 unspecified atom stereocenters. The van der Waals surface area contributed by atoms with Gasteiger partial charge in [-0.3, -0.25) is 0 Å². The van der Waals surface area contributed by atoms with Crippen LogP contribution in [0.5, 0.6) is 0 Å². The Balaban J connectivity index is 1.77. The molecule has 1 aliphatic rings. The van der Waals surface area contributed by atoms with Crippen molar-refractivity contribution in [3.05, 3.63) is 5.89 Å². The van der Waals surface area contributed by atoms with Gasteiger partial charge in [0, 0.05) is 12.1 Å². The van der Waals surface area contributed by atoms with E-state index in [-0.39, 0.29) is 5.54 Å². The summed E-state index contributed by atoms with van der Waals surface area (Å²) in [5, 5.41) is 14.8. The fraction of sp³-hybridized carbons (Fsp3) is 0.867. The van der Waals surface area contributed by atoms with Crippen LogP contribution in [0.2, 0.25) is 0 Å². The lowest BCUT2D eigenvalue weighted by Gasteiger charge is -2.28. The third kappa shape index (κ3) is 4.78. The highest BCUT2D eigenvalue weighted by molar-refractivity contribution is 5.17. The van der Waals surface area contributed by atoms with Gasteiger partial charge < -0.3 is 15.1 Å². The van der Waals surface area contributed by atoms with Gasteiger partial charge in [0.05, 0.1) is 6.54 Å². The number of rotatable bonds is 5. The van der Waals surface area contributed by atoms with Crippen molar-refractivity contribution in [2.75, 3.05) is 11.9 Å². The third-order valence-corrected chi connectivity index (χ3v) is 4.04. The van der Waals surface area contributed by atoms with Crippen LogP contribution in [-0.4, -0.2) is 22.3 Å². The number of hydrogen-bond acceptors (Lipinski definition) is 5. The van der Waals surface area contributed by atoms with Crippen LogP contribution in [0, 0.1) is 11.8 Å². The van der Waals surface area contributed by atoms with Crippen molar-refractivity contribution in [2.45, 2.75) is 65.5 Å². The predicted molar refractivity (Wildman–Crippen MR) is 80.5 cm³/mol. The Morgan fingerprint density at radius 2 is 1.95 bits per heavy atom. The lowest BCUT2D eigenvalue weighted by Crippen LogP contribution is -2.35. The number of nitrogens with one attached hydrogen (secondary N) is 2. The van der Waals surface area contributed by atoms with Gasteiger partial charge in [0.2, 0.25) is 5.89 Å². The average Bonchev–Trinajstić information content (AvgIpc) is 2.83. The van der Waals surface area contributed by atoms with E-state index in [4.69, 9.17) is 4.42 Å². The summed E-state index contributed by atoms with van der Waals surface area (Å²) in [6.45, 7) is 10.2. The molecule has 0 amide bonds. The smallest absolute Gasteiger partial charge is 0.315 e. The highest BCUT2D eigenvalue weighted by atomic mass is 16.4. The fourth-order valence-electron chi connectivity index (χ4n) is 2.65. The summed E-state index contributed by atoms with van der Waals surface area (Å²) in [7, 11) is 0. The first kappa shape index (κ1) is 15.3. The van der Waals surface area contributed by atoms with Crippen molar-refractivity contribution in [3.63, 3.8) is 0 Å². The molecule has 20 heavy (non-hydrogen) atoms. The molecule has 2 N–H and O–H groups in total. The Hall–Kier alpha value is -1.10. The molecule has 1 aliphatic carbocycles. The summed E-state index contributed by atoms with van der Waals surface area (Å²) in [6.07, 6.45) is 5.37. The van der Waals surface area contributed by atoms with Crippen LogP contribution in [0.4, 0.5) is 6.01 Å². The highest BCUT2D eigenvalue weighted by Crippen LogP contribution is 2.29. The van der Waals surface area contributed by atoms with Gasteiger partial charge in [-0.2, -0.15) is 0 Å². The molecular weight excluding hydrogens is 252 g/mol. The molecule has 114 valence electrons. The number of aromatic nitrogens is 2. The van der Waals surface area contributed by atoms with E-state index in [1.165, 1.54) is 25.7 Å². The normalized spacial score (nSPS) is 23.8.